The number of carbonyl (C=O) groups excluding carboxylic acids is 1. The quantitative estimate of drug-likeness (QED) is 0.752. The lowest BCUT2D eigenvalue weighted by Gasteiger charge is -2.13. The fourth-order valence-electron chi connectivity index (χ4n) is 2.55. The van der Waals surface area contributed by atoms with Gasteiger partial charge in [0.05, 0.1) is 6.54 Å². The summed E-state index contributed by atoms with van der Waals surface area (Å²) in [6, 6.07) is 7.81. The molecule has 0 radical (unpaired) electrons. The van der Waals surface area contributed by atoms with Gasteiger partial charge in [0, 0.05) is 16.9 Å². The molecule has 0 unspecified atom stereocenters. The van der Waals surface area contributed by atoms with Gasteiger partial charge in [0.25, 0.3) is 5.78 Å². The molecule has 7 nitrogen and oxygen atoms in total. The molecule has 1 aromatic carbocycles. The highest BCUT2D eigenvalue weighted by Gasteiger charge is 2.12. The molecule has 124 valence electrons. The van der Waals surface area contributed by atoms with Crippen LogP contribution >= 0.6 is 0 Å². The minimum atomic E-state index is -0.113. The van der Waals surface area contributed by atoms with E-state index in [1.807, 2.05) is 38.1 Å². The highest BCUT2D eigenvalue weighted by atomic mass is 16.1. The Balaban J connectivity index is 1.75. The van der Waals surface area contributed by atoms with Crippen LogP contribution in [0.2, 0.25) is 0 Å². The van der Waals surface area contributed by atoms with E-state index in [1.54, 1.807) is 4.52 Å². The molecule has 3 aromatic rings. The van der Waals surface area contributed by atoms with Crippen LogP contribution in [0.4, 0.5) is 11.5 Å². The van der Waals surface area contributed by atoms with E-state index in [4.69, 9.17) is 0 Å². The summed E-state index contributed by atoms with van der Waals surface area (Å²) in [5.74, 6) is 1.13. The smallest absolute Gasteiger partial charge is 0.254 e. The molecule has 7 heteroatoms. The Morgan fingerprint density at radius 3 is 2.83 bits per heavy atom. The molecule has 0 fully saturated rings. The standard InChI is InChI=1S/C17H20N6O/c1-4-13-7-5-6-8-14(13)22-15(24)9-18-16-11(2)12(3)21-17-19-10-20-23(16)17/h5-8,10,18H,4,9H2,1-3H3,(H,22,24). The van der Waals surface area contributed by atoms with Gasteiger partial charge < -0.3 is 10.6 Å². The third kappa shape index (κ3) is 3.05. The number of hydrogen-bond acceptors (Lipinski definition) is 5. The molecular weight excluding hydrogens is 304 g/mol. The summed E-state index contributed by atoms with van der Waals surface area (Å²) in [5.41, 5.74) is 3.75. The van der Waals surface area contributed by atoms with E-state index in [9.17, 15) is 4.79 Å². The van der Waals surface area contributed by atoms with E-state index in [0.29, 0.717) is 5.78 Å². The van der Waals surface area contributed by atoms with Crippen molar-refractivity contribution < 1.29 is 4.79 Å². The van der Waals surface area contributed by atoms with Crippen molar-refractivity contribution in [2.24, 2.45) is 0 Å². The highest BCUT2D eigenvalue weighted by Crippen LogP contribution is 2.18. The summed E-state index contributed by atoms with van der Waals surface area (Å²) in [5, 5.41) is 10.3. The molecule has 0 bridgehead atoms. The first-order valence-electron chi connectivity index (χ1n) is 7.88. The normalized spacial score (nSPS) is 10.8. The Hall–Kier alpha value is -2.96. The first-order valence-corrected chi connectivity index (χ1v) is 7.88. The molecule has 24 heavy (non-hydrogen) atoms. The van der Waals surface area contributed by atoms with Crippen LogP contribution in [-0.2, 0) is 11.2 Å². The van der Waals surface area contributed by atoms with E-state index < -0.39 is 0 Å². The average Bonchev–Trinajstić information content (AvgIpc) is 3.03. The molecule has 1 amide bonds. The van der Waals surface area contributed by atoms with Crippen LogP contribution in [0.3, 0.4) is 0 Å². The van der Waals surface area contributed by atoms with Gasteiger partial charge in [0.2, 0.25) is 5.91 Å². The number of carbonyl (C=O) groups is 1. The van der Waals surface area contributed by atoms with Crippen LogP contribution in [0.15, 0.2) is 30.6 Å². The molecule has 0 aliphatic heterocycles. The fourth-order valence-corrected chi connectivity index (χ4v) is 2.55. The van der Waals surface area contributed by atoms with Crippen LogP contribution in [0.1, 0.15) is 23.7 Å². The predicted molar refractivity (Wildman–Crippen MR) is 93.2 cm³/mol. The van der Waals surface area contributed by atoms with Gasteiger partial charge in [-0.05, 0) is 31.9 Å². The van der Waals surface area contributed by atoms with Gasteiger partial charge in [0.15, 0.2) is 0 Å². The van der Waals surface area contributed by atoms with Crippen molar-refractivity contribution in [2.45, 2.75) is 27.2 Å². The lowest BCUT2D eigenvalue weighted by atomic mass is 10.1. The minimum absolute atomic E-state index is 0.113. The van der Waals surface area contributed by atoms with Gasteiger partial charge >= 0.3 is 0 Å². The van der Waals surface area contributed by atoms with Gasteiger partial charge in [-0.15, -0.1) is 0 Å². The Morgan fingerprint density at radius 1 is 1.25 bits per heavy atom. The second-order valence-corrected chi connectivity index (χ2v) is 5.56. The number of nitrogens with zero attached hydrogens (tertiary/aromatic N) is 4. The Morgan fingerprint density at radius 2 is 2.04 bits per heavy atom. The Bertz CT molecular complexity index is 886. The maximum atomic E-state index is 12.3. The van der Waals surface area contributed by atoms with Gasteiger partial charge in [-0.1, -0.05) is 25.1 Å². The zero-order valence-electron chi connectivity index (χ0n) is 14.0. The monoisotopic (exact) mass is 324 g/mol. The average molecular weight is 324 g/mol. The first kappa shape index (κ1) is 15.9. The molecule has 0 saturated carbocycles. The van der Waals surface area contributed by atoms with Crippen molar-refractivity contribution in [1.82, 2.24) is 19.6 Å². The van der Waals surface area contributed by atoms with Crippen LogP contribution in [0, 0.1) is 13.8 Å². The van der Waals surface area contributed by atoms with Crippen molar-refractivity contribution in [3.63, 3.8) is 0 Å². The van der Waals surface area contributed by atoms with Gasteiger partial charge in [-0.25, -0.2) is 4.98 Å². The van der Waals surface area contributed by atoms with Gasteiger partial charge in [-0.2, -0.15) is 14.6 Å². The molecule has 0 atom stereocenters. The topological polar surface area (TPSA) is 84.2 Å². The van der Waals surface area contributed by atoms with Gasteiger partial charge in [0.1, 0.15) is 12.1 Å². The lowest BCUT2D eigenvalue weighted by Crippen LogP contribution is -2.24. The molecule has 0 aliphatic carbocycles. The third-order valence-corrected chi connectivity index (χ3v) is 4.00. The van der Waals surface area contributed by atoms with Crippen LogP contribution < -0.4 is 10.6 Å². The number of para-hydroxylation sites is 1. The number of rotatable bonds is 5. The van der Waals surface area contributed by atoms with E-state index in [1.165, 1.54) is 6.33 Å². The number of anilines is 2. The number of amides is 1. The molecule has 0 spiro atoms. The lowest BCUT2D eigenvalue weighted by molar-refractivity contribution is -0.114. The largest absolute Gasteiger partial charge is 0.361 e. The van der Waals surface area contributed by atoms with Crippen LogP contribution in [0.25, 0.3) is 5.78 Å². The minimum Gasteiger partial charge on any atom is -0.361 e. The number of hydrogen-bond donors (Lipinski definition) is 2. The van der Waals surface area contributed by atoms with Gasteiger partial charge in [-0.3, -0.25) is 4.79 Å². The van der Waals surface area contributed by atoms with Crippen LogP contribution in [-0.4, -0.2) is 32.0 Å². The van der Waals surface area contributed by atoms with E-state index in [-0.39, 0.29) is 12.5 Å². The summed E-state index contributed by atoms with van der Waals surface area (Å²) >= 11 is 0. The van der Waals surface area contributed by atoms with E-state index in [0.717, 1.165) is 34.7 Å². The number of aryl methyl sites for hydroxylation is 2. The van der Waals surface area contributed by atoms with Crippen molar-refractivity contribution in [3.8, 4) is 0 Å². The number of nitrogens with one attached hydrogen (secondary N) is 2. The Kier molecular flexibility index (Phi) is 4.41. The summed E-state index contributed by atoms with van der Waals surface area (Å²) < 4.78 is 1.61. The van der Waals surface area contributed by atoms with E-state index in [2.05, 4.69) is 32.6 Å². The third-order valence-electron chi connectivity index (χ3n) is 4.00. The number of fused-ring (bicyclic) bond motifs is 1. The number of aromatic nitrogens is 4. The van der Waals surface area contributed by atoms with Crippen molar-refractivity contribution >= 4 is 23.2 Å². The maximum absolute atomic E-state index is 12.3. The SMILES string of the molecule is CCc1ccccc1NC(=O)CNc1c(C)c(C)nc2ncnn12. The molecule has 0 saturated heterocycles. The molecule has 0 aliphatic rings. The number of benzene rings is 1. The van der Waals surface area contributed by atoms with Crippen molar-refractivity contribution in [2.75, 3.05) is 17.2 Å². The summed E-state index contributed by atoms with van der Waals surface area (Å²) in [6.07, 6.45) is 2.32. The predicted octanol–water partition coefficient (Wildman–Crippen LogP) is 2.35. The first-order chi connectivity index (χ1) is 11.6. The Labute approximate surface area is 140 Å². The van der Waals surface area contributed by atoms with Crippen LogP contribution in [0.5, 0.6) is 0 Å². The van der Waals surface area contributed by atoms with Crippen molar-refractivity contribution in [1.29, 1.82) is 0 Å². The zero-order valence-corrected chi connectivity index (χ0v) is 14.0. The maximum Gasteiger partial charge on any atom is 0.254 e. The van der Waals surface area contributed by atoms with Crippen molar-refractivity contribution in [3.05, 3.63) is 47.4 Å². The molecule has 3 rings (SSSR count). The molecule has 2 aromatic heterocycles. The summed E-state index contributed by atoms with van der Waals surface area (Å²) in [6.45, 7) is 6.05. The zero-order chi connectivity index (χ0) is 17.1. The second kappa shape index (κ2) is 6.66. The second-order valence-electron chi connectivity index (χ2n) is 5.56. The molecule has 2 N–H and O–H groups in total. The molecular formula is C17H20N6O. The highest BCUT2D eigenvalue weighted by molar-refractivity contribution is 5.94. The molecule has 2 heterocycles. The summed E-state index contributed by atoms with van der Waals surface area (Å²) in [4.78, 5) is 20.8. The fraction of sp³-hybridized carbons (Fsp3) is 0.294. The summed E-state index contributed by atoms with van der Waals surface area (Å²) in [7, 11) is 0. The van der Waals surface area contributed by atoms with E-state index >= 15 is 0 Å².